The van der Waals surface area contributed by atoms with E-state index < -0.39 is 47.7 Å². The van der Waals surface area contributed by atoms with Gasteiger partial charge >= 0.3 is 24.4 Å². The van der Waals surface area contributed by atoms with E-state index in [1.165, 1.54) is 0 Å². The third-order valence-corrected chi connectivity index (χ3v) is 16.0. The van der Waals surface area contributed by atoms with Crippen molar-refractivity contribution in [2.75, 3.05) is 52.4 Å². The molecule has 2 heterocycles. The van der Waals surface area contributed by atoms with Gasteiger partial charge in [-0.2, -0.15) is 0 Å². The van der Waals surface area contributed by atoms with Crippen molar-refractivity contribution < 1.29 is 47.7 Å². The Hall–Kier alpha value is -8.74. The molecule has 6 amide bonds. The van der Waals surface area contributed by atoms with Crippen LogP contribution in [0.15, 0.2) is 176 Å². The summed E-state index contributed by atoms with van der Waals surface area (Å²) in [6.45, 7) is 12.2. The number of ether oxygens (including phenoxy) is 4. The minimum absolute atomic E-state index is 0.0422. The Bertz CT molecular complexity index is 3170. The zero-order valence-electron chi connectivity index (χ0n) is 52.7. The smallest absolute Gasteiger partial charge is 0.407 e. The van der Waals surface area contributed by atoms with Gasteiger partial charge in [0, 0.05) is 82.7 Å². The lowest BCUT2D eigenvalue weighted by molar-refractivity contribution is -0.133. The quantitative estimate of drug-likeness (QED) is 0.0210. The van der Waals surface area contributed by atoms with Crippen LogP contribution in [0.25, 0.3) is 0 Å². The average Bonchev–Trinajstić information content (AvgIpc) is 1.91. The van der Waals surface area contributed by atoms with Gasteiger partial charge in [0.15, 0.2) is 0 Å². The highest BCUT2D eigenvalue weighted by atomic mass is 16.6. The molecule has 478 valence electrons. The number of carbonyl (C=O) groups excluding carboxylic acids is 6. The molecular formula is C72H90N8O10. The molecule has 6 aromatic rings. The standard InChI is InChI=1S/C72H90N8O10/c1-71(2,3)89-69(85)75-46-59-39-43-80(66(82)64(77-59)37-23-41-74-68(84)88-51-53-26-13-7-14-27-53)49-62(57-33-19-10-20-34-57)58-35-21-28-54(44-58)45-72(4,5)90-70(86)76-47-60-38-42-79(48-61(55-29-15-8-16-30-55)56-31-17-9-18-32-56)65(81)63(78-60)36-22-40-73-67(83)87-50-52-24-11-6-12-25-52/h6-21,24-35,44,59-64,77-78H,22-23,36-43,45-51H2,1-5H3,(H,73,83)(H,74,84)(H,75,85)(H,76,86). The Morgan fingerprint density at radius 3 is 1.28 bits per heavy atom. The van der Waals surface area contributed by atoms with E-state index in [1.54, 1.807) is 0 Å². The van der Waals surface area contributed by atoms with Gasteiger partial charge in [0.2, 0.25) is 11.8 Å². The monoisotopic (exact) mass is 1230 g/mol. The van der Waals surface area contributed by atoms with Crippen LogP contribution in [0, 0.1) is 0 Å². The van der Waals surface area contributed by atoms with Crippen LogP contribution in [-0.4, -0.2) is 134 Å². The zero-order valence-corrected chi connectivity index (χ0v) is 52.7. The van der Waals surface area contributed by atoms with Crippen molar-refractivity contribution in [2.45, 2.75) is 140 Å². The van der Waals surface area contributed by atoms with Crippen molar-refractivity contribution in [1.82, 2.24) is 41.7 Å². The number of alkyl carbamates (subject to hydrolysis) is 4. The van der Waals surface area contributed by atoms with E-state index in [-0.39, 0.29) is 62.0 Å². The lowest BCUT2D eigenvalue weighted by atomic mass is 9.88. The maximum atomic E-state index is 14.8. The van der Waals surface area contributed by atoms with E-state index in [4.69, 9.17) is 18.9 Å². The van der Waals surface area contributed by atoms with Gasteiger partial charge in [0.05, 0.1) is 12.1 Å². The van der Waals surface area contributed by atoms with Crippen molar-refractivity contribution in [3.8, 4) is 0 Å². The van der Waals surface area contributed by atoms with Gasteiger partial charge in [-0.15, -0.1) is 0 Å². The van der Waals surface area contributed by atoms with Crippen molar-refractivity contribution in [2.24, 2.45) is 0 Å². The van der Waals surface area contributed by atoms with Crippen LogP contribution < -0.4 is 31.9 Å². The number of carbonyl (C=O) groups is 6. The highest BCUT2D eigenvalue weighted by molar-refractivity contribution is 5.83. The molecule has 2 aliphatic heterocycles. The molecule has 5 unspecified atom stereocenters. The fraction of sp³-hybridized carbons (Fsp3) is 0.417. The molecule has 0 aromatic heterocycles. The van der Waals surface area contributed by atoms with Gasteiger partial charge in [-0.05, 0) is 112 Å². The van der Waals surface area contributed by atoms with Gasteiger partial charge in [0.1, 0.15) is 24.4 Å². The molecule has 0 bridgehead atoms. The number of hydrogen-bond acceptors (Lipinski definition) is 12. The SMILES string of the molecule is CC(C)(C)OC(=O)NCC1CCN(CC(c2ccccc2)c2cccc(CC(C)(C)OC(=O)NCC3CCN(CC(c4ccccc4)c4ccccc4)C(=O)C(CCCNC(=O)OCc4ccccc4)N3)c2)C(=O)C(CCCNC(=O)OCc2ccccc2)N1. The number of nitrogens with one attached hydrogen (secondary N) is 6. The predicted molar refractivity (Wildman–Crippen MR) is 348 cm³/mol. The Morgan fingerprint density at radius 1 is 0.478 bits per heavy atom. The number of nitrogens with zero attached hydrogens (tertiary/aromatic N) is 2. The number of amides is 6. The summed E-state index contributed by atoms with van der Waals surface area (Å²) in [5, 5.41) is 18.7. The molecule has 0 spiro atoms. The van der Waals surface area contributed by atoms with E-state index in [1.807, 2.05) is 172 Å². The van der Waals surface area contributed by atoms with Crippen molar-refractivity contribution in [3.63, 3.8) is 0 Å². The lowest BCUT2D eigenvalue weighted by Gasteiger charge is -2.30. The summed E-state index contributed by atoms with van der Waals surface area (Å²) in [6, 6.07) is 55.9. The topological polar surface area (TPSA) is 218 Å². The summed E-state index contributed by atoms with van der Waals surface area (Å²) in [5.41, 5.74) is 5.28. The third kappa shape index (κ3) is 22.1. The van der Waals surface area contributed by atoms with Gasteiger partial charge < -0.3 is 60.6 Å². The molecular weight excluding hydrogens is 1140 g/mol. The van der Waals surface area contributed by atoms with Crippen molar-refractivity contribution in [3.05, 3.63) is 215 Å². The Kier molecular flexibility index (Phi) is 25.2. The summed E-state index contributed by atoms with van der Waals surface area (Å²) >= 11 is 0. The molecule has 0 aliphatic carbocycles. The van der Waals surface area contributed by atoms with E-state index >= 15 is 0 Å². The van der Waals surface area contributed by atoms with Gasteiger partial charge in [-0.1, -0.05) is 176 Å². The molecule has 2 aliphatic rings. The first-order valence-corrected chi connectivity index (χ1v) is 31.6. The van der Waals surface area contributed by atoms with Crippen LogP contribution in [0.1, 0.15) is 124 Å². The maximum Gasteiger partial charge on any atom is 0.407 e. The average molecular weight is 1230 g/mol. The first-order chi connectivity index (χ1) is 43.4. The molecule has 90 heavy (non-hydrogen) atoms. The summed E-state index contributed by atoms with van der Waals surface area (Å²) in [7, 11) is 0. The van der Waals surface area contributed by atoms with Crippen molar-refractivity contribution in [1.29, 1.82) is 0 Å². The molecule has 6 N–H and O–H groups in total. The van der Waals surface area contributed by atoms with Gasteiger partial charge in [-0.25, -0.2) is 19.2 Å². The minimum Gasteiger partial charge on any atom is -0.445 e. The Balaban J connectivity index is 0.904. The Labute approximate surface area is 530 Å². The zero-order chi connectivity index (χ0) is 63.7. The molecule has 2 fully saturated rings. The van der Waals surface area contributed by atoms with Gasteiger partial charge in [-0.3, -0.25) is 9.59 Å². The summed E-state index contributed by atoms with van der Waals surface area (Å²) in [4.78, 5) is 85.3. The summed E-state index contributed by atoms with van der Waals surface area (Å²) < 4.78 is 22.6. The molecule has 2 saturated heterocycles. The molecule has 6 aromatic carbocycles. The maximum absolute atomic E-state index is 14.8. The summed E-state index contributed by atoms with van der Waals surface area (Å²) in [5.74, 6) is -0.432. The second-order valence-electron chi connectivity index (χ2n) is 24.9. The van der Waals surface area contributed by atoms with Crippen LogP contribution in [0.3, 0.4) is 0 Å². The van der Waals surface area contributed by atoms with E-state index in [9.17, 15) is 28.8 Å². The second kappa shape index (κ2) is 33.7. The fourth-order valence-corrected chi connectivity index (χ4v) is 11.6. The largest absolute Gasteiger partial charge is 0.445 e. The van der Waals surface area contributed by atoms with Gasteiger partial charge in [0.25, 0.3) is 0 Å². The van der Waals surface area contributed by atoms with E-state index in [2.05, 4.69) is 80.4 Å². The highest BCUT2D eigenvalue weighted by Gasteiger charge is 2.36. The van der Waals surface area contributed by atoms with Crippen LogP contribution in [0.5, 0.6) is 0 Å². The molecule has 5 atom stereocenters. The molecule has 18 nitrogen and oxygen atoms in total. The third-order valence-electron chi connectivity index (χ3n) is 16.0. The predicted octanol–water partition coefficient (Wildman–Crippen LogP) is 10.8. The van der Waals surface area contributed by atoms with Crippen molar-refractivity contribution >= 4 is 36.2 Å². The molecule has 18 heteroatoms. The summed E-state index contributed by atoms with van der Waals surface area (Å²) in [6.07, 6.45) is 1.16. The van der Waals surface area contributed by atoms with E-state index in [0.717, 1.165) is 38.9 Å². The molecule has 0 radical (unpaired) electrons. The highest BCUT2D eigenvalue weighted by Crippen LogP contribution is 2.31. The van der Waals surface area contributed by atoms with Crippen LogP contribution in [0.2, 0.25) is 0 Å². The van der Waals surface area contributed by atoms with Crippen LogP contribution >= 0.6 is 0 Å². The lowest BCUT2D eigenvalue weighted by Crippen LogP contribution is -2.50. The normalized spacial score (nSPS) is 17.5. The van der Waals surface area contributed by atoms with Crippen LogP contribution in [0.4, 0.5) is 19.2 Å². The Morgan fingerprint density at radius 2 is 0.856 bits per heavy atom. The first-order valence-electron chi connectivity index (χ1n) is 31.6. The molecule has 8 rings (SSSR count). The number of rotatable bonds is 27. The number of benzene rings is 6. The van der Waals surface area contributed by atoms with Crippen LogP contribution in [-0.2, 0) is 48.2 Å². The van der Waals surface area contributed by atoms with E-state index in [0.29, 0.717) is 84.2 Å². The fourth-order valence-electron chi connectivity index (χ4n) is 11.6. The minimum atomic E-state index is -0.953. The molecule has 0 saturated carbocycles. The second-order valence-corrected chi connectivity index (χ2v) is 24.9. The number of hydrogen-bond donors (Lipinski definition) is 6. The first kappa shape index (κ1) is 67.2.